The fourth-order valence-corrected chi connectivity index (χ4v) is 1.56. The van der Waals surface area contributed by atoms with E-state index in [1.54, 1.807) is 24.3 Å². The van der Waals surface area contributed by atoms with Gasteiger partial charge in [0.1, 0.15) is 23.7 Å². The number of furan rings is 2. The van der Waals surface area contributed by atoms with E-state index in [4.69, 9.17) is 8.83 Å². The minimum atomic E-state index is -0.681. The summed E-state index contributed by atoms with van der Waals surface area (Å²) < 4.78 is 10.1. The molecule has 4 nitrogen and oxygen atoms in total. The Hall–Kier alpha value is -1.52. The zero-order chi connectivity index (χ0) is 11.4. The van der Waals surface area contributed by atoms with Gasteiger partial charge in [0, 0.05) is 0 Å². The molecule has 2 atom stereocenters. The van der Waals surface area contributed by atoms with Crippen LogP contribution in [-0.4, -0.2) is 10.2 Å². The van der Waals surface area contributed by atoms with Crippen molar-refractivity contribution in [2.75, 3.05) is 0 Å². The summed E-state index contributed by atoms with van der Waals surface area (Å²) in [7, 11) is 0. The third-order valence-corrected chi connectivity index (χ3v) is 2.46. The second-order valence-electron chi connectivity index (χ2n) is 3.64. The van der Waals surface area contributed by atoms with Crippen molar-refractivity contribution in [3.8, 4) is 0 Å². The maximum atomic E-state index is 9.72. The van der Waals surface area contributed by atoms with Gasteiger partial charge in [-0.2, -0.15) is 0 Å². The number of aliphatic hydroxyl groups is 2. The normalized spacial score (nSPS) is 14.9. The molecule has 0 aliphatic heterocycles. The number of hydrogen-bond acceptors (Lipinski definition) is 4. The summed E-state index contributed by atoms with van der Waals surface area (Å²) >= 11 is 0. The minimum absolute atomic E-state index is 0.426. The average molecular weight is 222 g/mol. The van der Waals surface area contributed by atoms with Crippen LogP contribution in [0.15, 0.2) is 45.6 Å². The van der Waals surface area contributed by atoms with Gasteiger partial charge in [0.25, 0.3) is 0 Å². The Morgan fingerprint density at radius 1 is 0.875 bits per heavy atom. The van der Waals surface area contributed by atoms with E-state index in [1.807, 2.05) is 0 Å². The number of hydrogen-bond donors (Lipinski definition) is 2. The predicted molar refractivity (Wildman–Crippen MR) is 56.6 cm³/mol. The van der Waals surface area contributed by atoms with E-state index in [0.717, 1.165) is 0 Å². The highest BCUT2D eigenvalue weighted by atomic mass is 16.4. The van der Waals surface area contributed by atoms with Gasteiger partial charge in [-0.15, -0.1) is 0 Å². The van der Waals surface area contributed by atoms with Gasteiger partial charge in [0.15, 0.2) is 0 Å². The summed E-state index contributed by atoms with van der Waals surface area (Å²) in [6.45, 7) is 0. The van der Waals surface area contributed by atoms with E-state index in [-0.39, 0.29) is 0 Å². The van der Waals surface area contributed by atoms with Crippen molar-refractivity contribution in [2.45, 2.75) is 25.0 Å². The summed E-state index contributed by atoms with van der Waals surface area (Å²) in [6, 6.07) is 6.87. The van der Waals surface area contributed by atoms with Gasteiger partial charge in [0.2, 0.25) is 0 Å². The Balaban J connectivity index is 1.84. The highest BCUT2D eigenvalue weighted by Gasteiger charge is 2.15. The van der Waals surface area contributed by atoms with Crippen LogP contribution < -0.4 is 0 Å². The Labute approximate surface area is 93.1 Å². The Kier molecular flexibility index (Phi) is 3.44. The van der Waals surface area contributed by atoms with Crippen LogP contribution in [0.2, 0.25) is 0 Å². The lowest BCUT2D eigenvalue weighted by Crippen LogP contribution is -2.01. The molecule has 16 heavy (non-hydrogen) atoms. The maximum absolute atomic E-state index is 9.72. The van der Waals surface area contributed by atoms with Crippen molar-refractivity contribution in [3.05, 3.63) is 48.3 Å². The first kappa shape index (κ1) is 11.0. The molecule has 0 radical (unpaired) electrons. The lowest BCUT2D eigenvalue weighted by atomic mass is 10.1. The van der Waals surface area contributed by atoms with E-state index in [2.05, 4.69) is 0 Å². The lowest BCUT2D eigenvalue weighted by Gasteiger charge is -2.10. The molecule has 2 heterocycles. The van der Waals surface area contributed by atoms with Gasteiger partial charge >= 0.3 is 0 Å². The van der Waals surface area contributed by atoms with E-state index in [9.17, 15) is 10.2 Å². The lowest BCUT2D eigenvalue weighted by molar-refractivity contribution is 0.0903. The van der Waals surface area contributed by atoms with E-state index >= 15 is 0 Å². The molecule has 0 saturated carbocycles. The van der Waals surface area contributed by atoms with Crippen molar-refractivity contribution < 1.29 is 19.0 Å². The molecule has 86 valence electrons. The highest BCUT2D eigenvalue weighted by molar-refractivity contribution is 5.04. The molecule has 0 amide bonds. The standard InChI is InChI=1S/C12H14O4/c13-9(11-3-1-7-15-11)5-6-10(14)12-4-2-8-16-12/h1-4,7-10,13-14H,5-6H2. The van der Waals surface area contributed by atoms with Crippen LogP contribution in [0.25, 0.3) is 0 Å². The molecule has 0 bridgehead atoms. The summed E-state index contributed by atoms with van der Waals surface area (Å²) in [5.41, 5.74) is 0. The minimum Gasteiger partial charge on any atom is -0.467 e. The van der Waals surface area contributed by atoms with Gasteiger partial charge in [-0.1, -0.05) is 0 Å². The molecule has 0 fully saturated rings. The molecular weight excluding hydrogens is 208 g/mol. The summed E-state index contributed by atoms with van der Waals surface area (Å²) in [5.74, 6) is 1.04. The molecule has 0 saturated heterocycles. The molecular formula is C12H14O4. The van der Waals surface area contributed by atoms with Crippen molar-refractivity contribution in [3.63, 3.8) is 0 Å². The fraction of sp³-hybridized carbons (Fsp3) is 0.333. The zero-order valence-electron chi connectivity index (χ0n) is 8.74. The average Bonchev–Trinajstić information content (AvgIpc) is 2.95. The molecule has 2 aromatic rings. The maximum Gasteiger partial charge on any atom is 0.132 e. The molecule has 2 N–H and O–H groups in total. The molecule has 2 aromatic heterocycles. The van der Waals surface area contributed by atoms with Gasteiger partial charge in [0.05, 0.1) is 12.5 Å². The summed E-state index contributed by atoms with van der Waals surface area (Å²) in [5, 5.41) is 19.4. The second kappa shape index (κ2) is 5.01. The van der Waals surface area contributed by atoms with Gasteiger partial charge in [-0.3, -0.25) is 0 Å². The molecule has 2 unspecified atom stereocenters. The molecule has 0 aromatic carbocycles. The van der Waals surface area contributed by atoms with Crippen LogP contribution >= 0.6 is 0 Å². The van der Waals surface area contributed by atoms with Crippen LogP contribution in [0.1, 0.15) is 36.6 Å². The van der Waals surface area contributed by atoms with E-state index in [0.29, 0.717) is 24.4 Å². The van der Waals surface area contributed by atoms with Crippen LogP contribution in [0.4, 0.5) is 0 Å². The third kappa shape index (κ3) is 2.53. The summed E-state index contributed by atoms with van der Waals surface area (Å²) in [4.78, 5) is 0. The SMILES string of the molecule is OC(CCC(O)c1ccco1)c1ccco1. The first-order chi connectivity index (χ1) is 7.77. The monoisotopic (exact) mass is 222 g/mol. The molecule has 0 spiro atoms. The Bertz CT molecular complexity index is 350. The van der Waals surface area contributed by atoms with Crippen molar-refractivity contribution in [1.82, 2.24) is 0 Å². The number of rotatable bonds is 5. The van der Waals surface area contributed by atoms with Crippen LogP contribution in [-0.2, 0) is 0 Å². The number of aliphatic hydroxyl groups excluding tert-OH is 2. The Morgan fingerprint density at radius 3 is 1.62 bits per heavy atom. The van der Waals surface area contributed by atoms with Gasteiger partial charge < -0.3 is 19.0 Å². The largest absolute Gasteiger partial charge is 0.467 e. The van der Waals surface area contributed by atoms with Gasteiger partial charge in [-0.05, 0) is 37.1 Å². The first-order valence-electron chi connectivity index (χ1n) is 5.20. The quantitative estimate of drug-likeness (QED) is 0.815. The van der Waals surface area contributed by atoms with Gasteiger partial charge in [-0.25, -0.2) is 0 Å². The third-order valence-electron chi connectivity index (χ3n) is 2.46. The summed E-state index contributed by atoms with van der Waals surface area (Å²) in [6.07, 6.45) is 2.52. The van der Waals surface area contributed by atoms with Crippen molar-refractivity contribution in [1.29, 1.82) is 0 Å². The topological polar surface area (TPSA) is 66.7 Å². The van der Waals surface area contributed by atoms with Crippen molar-refractivity contribution in [2.24, 2.45) is 0 Å². The first-order valence-corrected chi connectivity index (χ1v) is 5.20. The fourth-order valence-electron chi connectivity index (χ4n) is 1.56. The van der Waals surface area contributed by atoms with Crippen molar-refractivity contribution >= 4 is 0 Å². The molecule has 0 aliphatic carbocycles. The molecule has 4 heteroatoms. The smallest absolute Gasteiger partial charge is 0.132 e. The van der Waals surface area contributed by atoms with E-state index < -0.39 is 12.2 Å². The Morgan fingerprint density at radius 2 is 1.31 bits per heavy atom. The van der Waals surface area contributed by atoms with Crippen LogP contribution in [0.3, 0.4) is 0 Å². The van der Waals surface area contributed by atoms with Crippen LogP contribution in [0.5, 0.6) is 0 Å². The zero-order valence-corrected chi connectivity index (χ0v) is 8.74. The van der Waals surface area contributed by atoms with Crippen LogP contribution in [0, 0.1) is 0 Å². The highest BCUT2D eigenvalue weighted by Crippen LogP contribution is 2.25. The van der Waals surface area contributed by atoms with E-state index in [1.165, 1.54) is 12.5 Å². The molecule has 2 rings (SSSR count). The molecule has 0 aliphatic rings. The second-order valence-corrected chi connectivity index (χ2v) is 3.64. The predicted octanol–water partition coefficient (Wildman–Crippen LogP) is 2.42.